The van der Waals surface area contributed by atoms with Crippen LogP contribution in [0.25, 0.3) is 0 Å². The monoisotopic (exact) mass is 367 g/mol. The zero-order chi connectivity index (χ0) is 13.1. The van der Waals surface area contributed by atoms with Gasteiger partial charge in [0, 0.05) is 27.2 Å². The summed E-state index contributed by atoms with van der Waals surface area (Å²) in [4.78, 5) is 13.9. The Morgan fingerprint density at radius 1 is 0.889 bits per heavy atom. The van der Waals surface area contributed by atoms with Crippen LogP contribution in [-0.4, -0.2) is 13.0 Å². The van der Waals surface area contributed by atoms with Gasteiger partial charge in [0.15, 0.2) is 0 Å². The van der Waals surface area contributed by atoms with Gasteiger partial charge in [0.25, 0.3) is 5.91 Å². The Morgan fingerprint density at radius 2 is 1.33 bits per heavy atom. The second-order valence-electron chi connectivity index (χ2n) is 3.85. The molecule has 0 spiro atoms. The predicted octanol–water partition coefficient (Wildman–Crippen LogP) is 4.49. The molecule has 1 amide bonds. The summed E-state index contributed by atoms with van der Waals surface area (Å²) in [7, 11) is 1.77. The number of hydrogen-bond acceptors (Lipinski definition) is 1. The molecule has 0 aliphatic heterocycles. The van der Waals surface area contributed by atoms with Gasteiger partial charge >= 0.3 is 0 Å². The quantitative estimate of drug-likeness (QED) is 0.764. The summed E-state index contributed by atoms with van der Waals surface area (Å²) in [6, 6.07) is 15.0. The second kappa shape index (κ2) is 5.67. The molecule has 0 aromatic heterocycles. The lowest BCUT2D eigenvalue weighted by molar-refractivity contribution is 0.0993. The minimum absolute atomic E-state index is 0.0233. The Labute approximate surface area is 123 Å². The number of amides is 1. The standard InChI is InChI=1S/C14H11Br2NO/c1-17(13-8-6-12(16)7-9-13)14(18)10-2-4-11(15)5-3-10/h2-9H,1H3. The molecule has 2 rings (SSSR count). The molecule has 0 radical (unpaired) electrons. The van der Waals surface area contributed by atoms with E-state index in [4.69, 9.17) is 0 Å². The van der Waals surface area contributed by atoms with Crippen LogP contribution in [0.5, 0.6) is 0 Å². The topological polar surface area (TPSA) is 20.3 Å². The van der Waals surface area contributed by atoms with Crippen molar-refractivity contribution in [3.05, 3.63) is 63.0 Å². The number of carbonyl (C=O) groups excluding carboxylic acids is 1. The third kappa shape index (κ3) is 3.00. The minimum atomic E-state index is -0.0233. The molecule has 18 heavy (non-hydrogen) atoms. The third-order valence-corrected chi connectivity index (χ3v) is 3.67. The van der Waals surface area contributed by atoms with E-state index in [0.717, 1.165) is 14.6 Å². The Balaban J connectivity index is 2.23. The van der Waals surface area contributed by atoms with Crippen LogP contribution in [0, 0.1) is 0 Å². The van der Waals surface area contributed by atoms with Crippen LogP contribution >= 0.6 is 31.9 Å². The number of rotatable bonds is 2. The van der Waals surface area contributed by atoms with Gasteiger partial charge in [0.2, 0.25) is 0 Å². The highest BCUT2D eigenvalue weighted by molar-refractivity contribution is 9.10. The fraction of sp³-hybridized carbons (Fsp3) is 0.0714. The van der Waals surface area contributed by atoms with Gasteiger partial charge in [-0.25, -0.2) is 0 Å². The maximum absolute atomic E-state index is 12.2. The Morgan fingerprint density at radius 3 is 1.83 bits per heavy atom. The zero-order valence-electron chi connectivity index (χ0n) is 9.73. The molecule has 2 aromatic rings. The largest absolute Gasteiger partial charge is 0.311 e. The van der Waals surface area contributed by atoms with Gasteiger partial charge in [0.1, 0.15) is 0 Å². The molecule has 0 N–H and O–H groups in total. The molecular weight excluding hydrogens is 358 g/mol. The normalized spacial score (nSPS) is 10.2. The maximum atomic E-state index is 12.2. The summed E-state index contributed by atoms with van der Waals surface area (Å²) >= 11 is 6.73. The molecule has 0 saturated heterocycles. The smallest absolute Gasteiger partial charge is 0.258 e. The minimum Gasteiger partial charge on any atom is -0.311 e. The third-order valence-electron chi connectivity index (χ3n) is 2.61. The molecular formula is C14H11Br2NO. The van der Waals surface area contributed by atoms with E-state index in [9.17, 15) is 4.79 Å². The van der Waals surface area contributed by atoms with Gasteiger partial charge in [0.05, 0.1) is 0 Å². The molecule has 2 aromatic carbocycles. The fourth-order valence-electron chi connectivity index (χ4n) is 1.57. The van der Waals surface area contributed by atoms with Crippen LogP contribution in [0.2, 0.25) is 0 Å². The Bertz CT molecular complexity index is 549. The first kappa shape index (κ1) is 13.3. The average Bonchev–Trinajstić information content (AvgIpc) is 2.39. The summed E-state index contributed by atoms with van der Waals surface area (Å²) in [6.45, 7) is 0. The molecule has 0 fully saturated rings. The molecule has 0 heterocycles. The van der Waals surface area contributed by atoms with E-state index < -0.39 is 0 Å². The first-order chi connectivity index (χ1) is 8.58. The molecule has 0 saturated carbocycles. The molecule has 0 atom stereocenters. The maximum Gasteiger partial charge on any atom is 0.258 e. The van der Waals surface area contributed by atoms with Gasteiger partial charge in [-0.2, -0.15) is 0 Å². The van der Waals surface area contributed by atoms with Crippen molar-refractivity contribution in [2.75, 3.05) is 11.9 Å². The van der Waals surface area contributed by atoms with E-state index in [2.05, 4.69) is 31.9 Å². The van der Waals surface area contributed by atoms with Crippen molar-refractivity contribution in [3.63, 3.8) is 0 Å². The number of nitrogens with zero attached hydrogens (tertiary/aromatic N) is 1. The van der Waals surface area contributed by atoms with Crippen molar-refractivity contribution in [2.24, 2.45) is 0 Å². The van der Waals surface area contributed by atoms with Gasteiger partial charge in [-0.15, -0.1) is 0 Å². The van der Waals surface area contributed by atoms with Crippen LogP contribution in [0.4, 0.5) is 5.69 Å². The SMILES string of the molecule is CN(C(=O)c1ccc(Br)cc1)c1ccc(Br)cc1. The number of anilines is 1. The van der Waals surface area contributed by atoms with Crippen LogP contribution in [0.15, 0.2) is 57.5 Å². The van der Waals surface area contributed by atoms with Crippen LogP contribution in [0.3, 0.4) is 0 Å². The number of halogens is 2. The molecule has 92 valence electrons. The summed E-state index contributed by atoms with van der Waals surface area (Å²) in [6.07, 6.45) is 0. The van der Waals surface area contributed by atoms with Crippen molar-refractivity contribution in [1.82, 2.24) is 0 Å². The summed E-state index contributed by atoms with van der Waals surface area (Å²) in [5, 5.41) is 0. The summed E-state index contributed by atoms with van der Waals surface area (Å²) in [5.74, 6) is -0.0233. The van der Waals surface area contributed by atoms with Crippen molar-refractivity contribution in [2.45, 2.75) is 0 Å². The van der Waals surface area contributed by atoms with Crippen molar-refractivity contribution in [3.8, 4) is 0 Å². The number of carbonyl (C=O) groups is 1. The highest BCUT2D eigenvalue weighted by atomic mass is 79.9. The first-order valence-corrected chi connectivity index (χ1v) is 6.96. The molecule has 0 bridgehead atoms. The lowest BCUT2D eigenvalue weighted by atomic mass is 10.2. The van der Waals surface area contributed by atoms with Gasteiger partial charge in [-0.1, -0.05) is 31.9 Å². The summed E-state index contributed by atoms with van der Waals surface area (Å²) < 4.78 is 1.96. The van der Waals surface area contributed by atoms with Crippen LogP contribution in [0.1, 0.15) is 10.4 Å². The lowest BCUT2D eigenvalue weighted by Gasteiger charge is -2.17. The van der Waals surface area contributed by atoms with Crippen molar-refractivity contribution in [1.29, 1.82) is 0 Å². The molecule has 0 aliphatic carbocycles. The highest BCUT2D eigenvalue weighted by Crippen LogP contribution is 2.19. The molecule has 4 heteroatoms. The number of hydrogen-bond donors (Lipinski definition) is 0. The highest BCUT2D eigenvalue weighted by Gasteiger charge is 2.12. The van der Waals surface area contributed by atoms with Gasteiger partial charge in [-0.3, -0.25) is 4.79 Å². The van der Waals surface area contributed by atoms with E-state index >= 15 is 0 Å². The molecule has 0 unspecified atom stereocenters. The first-order valence-electron chi connectivity index (χ1n) is 5.37. The lowest BCUT2D eigenvalue weighted by Crippen LogP contribution is -2.26. The second-order valence-corrected chi connectivity index (χ2v) is 5.68. The van der Waals surface area contributed by atoms with Crippen LogP contribution in [-0.2, 0) is 0 Å². The average molecular weight is 369 g/mol. The predicted molar refractivity (Wildman–Crippen MR) is 81.0 cm³/mol. The van der Waals surface area contributed by atoms with E-state index in [0.29, 0.717) is 5.56 Å². The van der Waals surface area contributed by atoms with Crippen molar-refractivity contribution >= 4 is 43.5 Å². The Kier molecular flexibility index (Phi) is 4.19. The van der Waals surface area contributed by atoms with Crippen LogP contribution < -0.4 is 4.90 Å². The molecule has 2 nitrogen and oxygen atoms in total. The van der Waals surface area contributed by atoms with E-state index in [1.807, 2.05) is 48.5 Å². The fourth-order valence-corrected chi connectivity index (χ4v) is 2.10. The zero-order valence-corrected chi connectivity index (χ0v) is 12.9. The van der Waals surface area contributed by atoms with Gasteiger partial charge in [-0.05, 0) is 48.5 Å². The van der Waals surface area contributed by atoms with Crippen molar-refractivity contribution < 1.29 is 4.79 Å². The van der Waals surface area contributed by atoms with E-state index in [1.54, 1.807) is 11.9 Å². The van der Waals surface area contributed by atoms with E-state index in [1.165, 1.54) is 0 Å². The molecule has 0 aliphatic rings. The Hall–Kier alpha value is -1.13. The summed E-state index contributed by atoms with van der Waals surface area (Å²) in [5.41, 5.74) is 1.54. The number of benzene rings is 2. The van der Waals surface area contributed by atoms with Gasteiger partial charge < -0.3 is 4.90 Å². The van der Waals surface area contributed by atoms with E-state index in [-0.39, 0.29) is 5.91 Å².